The van der Waals surface area contributed by atoms with Crippen LogP contribution in [0.5, 0.6) is 0 Å². The summed E-state index contributed by atoms with van der Waals surface area (Å²) in [5, 5.41) is 6.59. The predicted octanol–water partition coefficient (Wildman–Crippen LogP) is 2.32. The number of nitrogens with one attached hydrogen (secondary N) is 1. The molecular formula is C11H16N4S. The molecule has 0 aliphatic heterocycles. The Kier molecular flexibility index (Phi) is 3.56. The SMILES string of the molecule is CCn1ccnc1NCCc1nc(C)cs1. The normalized spacial score (nSPS) is 10.6. The van der Waals surface area contributed by atoms with E-state index in [1.165, 1.54) is 5.01 Å². The second-order valence-electron chi connectivity index (χ2n) is 3.60. The lowest BCUT2D eigenvalue weighted by Crippen LogP contribution is -2.09. The molecule has 0 bridgehead atoms. The van der Waals surface area contributed by atoms with Crippen LogP contribution in [-0.2, 0) is 13.0 Å². The molecule has 0 unspecified atom stereocenters. The van der Waals surface area contributed by atoms with Gasteiger partial charge < -0.3 is 9.88 Å². The number of thiazole rings is 1. The van der Waals surface area contributed by atoms with Gasteiger partial charge in [-0.15, -0.1) is 11.3 Å². The Morgan fingerprint density at radius 1 is 1.50 bits per heavy atom. The van der Waals surface area contributed by atoms with Gasteiger partial charge in [0.05, 0.1) is 5.01 Å². The summed E-state index contributed by atoms with van der Waals surface area (Å²) >= 11 is 1.72. The third kappa shape index (κ3) is 2.61. The molecule has 16 heavy (non-hydrogen) atoms. The molecule has 0 radical (unpaired) electrons. The first kappa shape index (κ1) is 11.1. The zero-order valence-corrected chi connectivity index (χ0v) is 10.4. The number of anilines is 1. The molecule has 5 heteroatoms. The van der Waals surface area contributed by atoms with Gasteiger partial charge in [-0.3, -0.25) is 0 Å². The van der Waals surface area contributed by atoms with Crippen LogP contribution in [-0.4, -0.2) is 21.1 Å². The first-order valence-electron chi connectivity index (χ1n) is 5.45. The molecule has 0 fully saturated rings. The van der Waals surface area contributed by atoms with Crippen LogP contribution in [0.25, 0.3) is 0 Å². The van der Waals surface area contributed by atoms with Crippen molar-refractivity contribution in [3.05, 3.63) is 28.5 Å². The third-order valence-corrected chi connectivity index (χ3v) is 3.37. The van der Waals surface area contributed by atoms with E-state index in [9.17, 15) is 0 Å². The Hall–Kier alpha value is -1.36. The lowest BCUT2D eigenvalue weighted by molar-refractivity contribution is 0.762. The second-order valence-corrected chi connectivity index (χ2v) is 4.54. The summed E-state index contributed by atoms with van der Waals surface area (Å²) in [5.74, 6) is 0.941. The maximum Gasteiger partial charge on any atom is 0.202 e. The molecule has 0 aromatic carbocycles. The number of aryl methyl sites for hydroxylation is 2. The fourth-order valence-electron chi connectivity index (χ4n) is 1.53. The summed E-state index contributed by atoms with van der Waals surface area (Å²) in [6.07, 6.45) is 4.75. The van der Waals surface area contributed by atoms with Crippen molar-refractivity contribution in [1.82, 2.24) is 14.5 Å². The van der Waals surface area contributed by atoms with E-state index in [2.05, 4.69) is 32.2 Å². The van der Waals surface area contributed by atoms with Crippen LogP contribution in [0.1, 0.15) is 17.6 Å². The van der Waals surface area contributed by atoms with Crippen molar-refractivity contribution in [2.45, 2.75) is 26.8 Å². The Morgan fingerprint density at radius 3 is 3.06 bits per heavy atom. The first-order valence-corrected chi connectivity index (χ1v) is 6.33. The molecule has 0 amide bonds. The number of hydrogen-bond donors (Lipinski definition) is 1. The van der Waals surface area contributed by atoms with Gasteiger partial charge in [0.1, 0.15) is 0 Å². The van der Waals surface area contributed by atoms with Gasteiger partial charge in [0, 0.05) is 43.0 Å². The lowest BCUT2D eigenvalue weighted by atomic mass is 10.4. The quantitative estimate of drug-likeness (QED) is 0.866. The molecule has 0 saturated carbocycles. The van der Waals surface area contributed by atoms with Crippen molar-refractivity contribution in [3.63, 3.8) is 0 Å². The van der Waals surface area contributed by atoms with Gasteiger partial charge in [-0.05, 0) is 13.8 Å². The Morgan fingerprint density at radius 2 is 2.38 bits per heavy atom. The highest BCUT2D eigenvalue weighted by atomic mass is 32.1. The van der Waals surface area contributed by atoms with E-state index in [0.717, 1.165) is 31.2 Å². The van der Waals surface area contributed by atoms with E-state index in [1.54, 1.807) is 11.3 Å². The number of imidazole rings is 1. The van der Waals surface area contributed by atoms with Crippen molar-refractivity contribution in [3.8, 4) is 0 Å². The van der Waals surface area contributed by atoms with Crippen LogP contribution in [0.3, 0.4) is 0 Å². The van der Waals surface area contributed by atoms with Crippen molar-refractivity contribution in [2.24, 2.45) is 0 Å². The first-order chi connectivity index (χ1) is 7.79. The number of nitrogens with zero attached hydrogens (tertiary/aromatic N) is 3. The van der Waals surface area contributed by atoms with Crippen molar-refractivity contribution in [1.29, 1.82) is 0 Å². The van der Waals surface area contributed by atoms with Crippen LogP contribution >= 0.6 is 11.3 Å². The molecule has 0 spiro atoms. The molecule has 2 heterocycles. The minimum absolute atomic E-state index is 0.879. The molecule has 4 nitrogen and oxygen atoms in total. The van der Waals surface area contributed by atoms with Gasteiger partial charge in [-0.2, -0.15) is 0 Å². The van der Waals surface area contributed by atoms with E-state index in [4.69, 9.17) is 0 Å². The average molecular weight is 236 g/mol. The standard InChI is InChI=1S/C11H16N4S/c1-3-15-7-6-13-11(15)12-5-4-10-14-9(2)8-16-10/h6-8H,3-5H2,1-2H3,(H,12,13). The topological polar surface area (TPSA) is 42.7 Å². The molecule has 1 N–H and O–H groups in total. The average Bonchev–Trinajstić information content (AvgIpc) is 2.87. The van der Waals surface area contributed by atoms with Gasteiger partial charge in [-0.1, -0.05) is 0 Å². The van der Waals surface area contributed by atoms with Crippen LogP contribution in [0.4, 0.5) is 5.95 Å². The van der Waals surface area contributed by atoms with Crippen molar-refractivity contribution < 1.29 is 0 Å². The van der Waals surface area contributed by atoms with Gasteiger partial charge >= 0.3 is 0 Å². The van der Waals surface area contributed by atoms with E-state index < -0.39 is 0 Å². The lowest BCUT2D eigenvalue weighted by Gasteiger charge is -2.06. The minimum Gasteiger partial charge on any atom is -0.355 e. The highest BCUT2D eigenvalue weighted by Gasteiger charge is 2.01. The summed E-state index contributed by atoms with van der Waals surface area (Å²) in [5.41, 5.74) is 1.11. The van der Waals surface area contributed by atoms with Gasteiger partial charge in [0.15, 0.2) is 0 Å². The zero-order chi connectivity index (χ0) is 11.4. The molecular weight excluding hydrogens is 220 g/mol. The summed E-state index contributed by atoms with van der Waals surface area (Å²) in [6, 6.07) is 0. The number of rotatable bonds is 5. The van der Waals surface area contributed by atoms with Crippen LogP contribution < -0.4 is 5.32 Å². The molecule has 86 valence electrons. The molecule has 0 atom stereocenters. The number of hydrogen-bond acceptors (Lipinski definition) is 4. The fourth-order valence-corrected chi connectivity index (χ4v) is 2.31. The molecule has 0 aliphatic rings. The van der Waals surface area contributed by atoms with E-state index in [0.29, 0.717) is 0 Å². The fraction of sp³-hybridized carbons (Fsp3) is 0.455. The molecule has 2 rings (SSSR count). The Bertz CT molecular complexity index is 446. The van der Waals surface area contributed by atoms with Crippen LogP contribution in [0.15, 0.2) is 17.8 Å². The van der Waals surface area contributed by atoms with E-state index >= 15 is 0 Å². The van der Waals surface area contributed by atoms with Crippen LogP contribution in [0, 0.1) is 6.92 Å². The molecule has 0 saturated heterocycles. The van der Waals surface area contributed by atoms with E-state index in [-0.39, 0.29) is 0 Å². The van der Waals surface area contributed by atoms with Gasteiger partial charge in [0.2, 0.25) is 5.95 Å². The summed E-state index contributed by atoms with van der Waals surface area (Å²) < 4.78 is 2.09. The molecule has 2 aromatic heterocycles. The largest absolute Gasteiger partial charge is 0.355 e. The number of aromatic nitrogens is 3. The van der Waals surface area contributed by atoms with Gasteiger partial charge in [0.25, 0.3) is 0 Å². The maximum atomic E-state index is 4.42. The Balaban J connectivity index is 1.84. The summed E-state index contributed by atoms with van der Waals surface area (Å²) in [6.45, 7) is 5.96. The smallest absolute Gasteiger partial charge is 0.202 e. The maximum absolute atomic E-state index is 4.42. The monoisotopic (exact) mass is 236 g/mol. The highest BCUT2D eigenvalue weighted by molar-refractivity contribution is 7.09. The summed E-state index contributed by atoms with van der Waals surface area (Å²) in [4.78, 5) is 8.68. The molecule has 2 aromatic rings. The van der Waals surface area contributed by atoms with Crippen LogP contribution in [0.2, 0.25) is 0 Å². The summed E-state index contributed by atoms with van der Waals surface area (Å²) in [7, 11) is 0. The Labute approximate surface area is 99.4 Å². The zero-order valence-electron chi connectivity index (χ0n) is 9.60. The molecule has 0 aliphatic carbocycles. The predicted molar refractivity (Wildman–Crippen MR) is 66.9 cm³/mol. The highest BCUT2D eigenvalue weighted by Crippen LogP contribution is 2.10. The van der Waals surface area contributed by atoms with Crippen molar-refractivity contribution in [2.75, 3.05) is 11.9 Å². The van der Waals surface area contributed by atoms with E-state index in [1.807, 2.05) is 19.3 Å². The minimum atomic E-state index is 0.879. The second kappa shape index (κ2) is 5.12. The van der Waals surface area contributed by atoms with Gasteiger partial charge in [-0.25, -0.2) is 9.97 Å². The van der Waals surface area contributed by atoms with Crippen molar-refractivity contribution >= 4 is 17.3 Å². The third-order valence-electron chi connectivity index (χ3n) is 2.34.